The second-order valence-electron chi connectivity index (χ2n) is 7.50. The van der Waals surface area contributed by atoms with Crippen LogP contribution >= 0.6 is 0 Å². The average molecular weight is 393 g/mol. The molecule has 0 fully saturated rings. The molecular weight excluding hydrogens is 366 g/mol. The summed E-state index contributed by atoms with van der Waals surface area (Å²) in [6, 6.07) is 13.9. The summed E-state index contributed by atoms with van der Waals surface area (Å²) in [5, 5.41) is 3.72. The van der Waals surface area contributed by atoms with Gasteiger partial charge >= 0.3 is 5.63 Å². The van der Waals surface area contributed by atoms with Gasteiger partial charge in [-0.1, -0.05) is 30.3 Å². The molecule has 0 saturated heterocycles. The highest BCUT2D eigenvalue weighted by Gasteiger charge is 2.18. The Morgan fingerprint density at radius 2 is 1.90 bits per heavy atom. The van der Waals surface area contributed by atoms with Crippen LogP contribution in [-0.4, -0.2) is 19.1 Å². The monoisotopic (exact) mass is 393 g/mol. The Balaban J connectivity index is 1.74. The Kier molecular flexibility index (Phi) is 6.37. The third-order valence-electron chi connectivity index (χ3n) is 5.16. The lowest BCUT2D eigenvalue weighted by Gasteiger charge is -2.15. The lowest BCUT2D eigenvalue weighted by molar-refractivity contribution is -0.121. The fourth-order valence-corrected chi connectivity index (χ4v) is 3.59. The van der Waals surface area contributed by atoms with Crippen LogP contribution in [0.4, 0.5) is 0 Å². The van der Waals surface area contributed by atoms with Gasteiger partial charge in [-0.25, -0.2) is 4.79 Å². The number of nitrogens with one attached hydrogen (secondary N) is 1. The summed E-state index contributed by atoms with van der Waals surface area (Å²) >= 11 is 0. The first-order chi connectivity index (χ1) is 13.9. The van der Waals surface area contributed by atoms with E-state index in [0.29, 0.717) is 16.9 Å². The number of methoxy groups -OCH3 is 1. The van der Waals surface area contributed by atoms with E-state index in [-0.39, 0.29) is 18.4 Å². The van der Waals surface area contributed by atoms with E-state index in [1.807, 2.05) is 51.1 Å². The third-order valence-corrected chi connectivity index (χ3v) is 5.16. The highest BCUT2D eigenvalue weighted by molar-refractivity contribution is 5.89. The smallest absolute Gasteiger partial charge is 0.340 e. The Morgan fingerprint density at radius 3 is 2.59 bits per heavy atom. The summed E-state index contributed by atoms with van der Waals surface area (Å²) in [4.78, 5) is 25.1. The molecule has 0 radical (unpaired) electrons. The lowest BCUT2D eigenvalue weighted by atomic mass is 10.0. The van der Waals surface area contributed by atoms with Crippen molar-refractivity contribution in [2.24, 2.45) is 0 Å². The minimum absolute atomic E-state index is 0.00713. The van der Waals surface area contributed by atoms with Gasteiger partial charge in [-0.3, -0.25) is 4.79 Å². The van der Waals surface area contributed by atoms with E-state index in [2.05, 4.69) is 17.4 Å². The van der Waals surface area contributed by atoms with Crippen molar-refractivity contribution in [3.63, 3.8) is 0 Å². The number of hydrogen-bond acceptors (Lipinski definition) is 4. The molecule has 0 saturated carbocycles. The molecule has 5 nitrogen and oxygen atoms in total. The van der Waals surface area contributed by atoms with Gasteiger partial charge in [0.25, 0.3) is 0 Å². The van der Waals surface area contributed by atoms with Gasteiger partial charge in [-0.15, -0.1) is 0 Å². The van der Waals surface area contributed by atoms with Crippen molar-refractivity contribution in [2.75, 3.05) is 7.11 Å². The molecule has 1 aromatic heterocycles. The zero-order valence-electron chi connectivity index (χ0n) is 17.4. The summed E-state index contributed by atoms with van der Waals surface area (Å²) in [5.74, 6) is 0.450. The quantitative estimate of drug-likeness (QED) is 0.614. The van der Waals surface area contributed by atoms with E-state index in [1.54, 1.807) is 7.11 Å². The fraction of sp³-hybridized carbons (Fsp3) is 0.333. The zero-order chi connectivity index (χ0) is 21.0. The molecule has 1 N–H and O–H groups in total. The van der Waals surface area contributed by atoms with Crippen molar-refractivity contribution in [1.29, 1.82) is 0 Å². The maximum absolute atomic E-state index is 12.6. The number of rotatable bonds is 7. The first-order valence-electron chi connectivity index (χ1n) is 9.83. The normalized spacial score (nSPS) is 12.0. The van der Waals surface area contributed by atoms with Crippen molar-refractivity contribution in [1.82, 2.24) is 5.32 Å². The van der Waals surface area contributed by atoms with Gasteiger partial charge in [-0.2, -0.15) is 0 Å². The Bertz CT molecular complexity index is 1070. The van der Waals surface area contributed by atoms with Gasteiger partial charge in [0.15, 0.2) is 0 Å². The first-order valence-corrected chi connectivity index (χ1v) is 9.83. The maximum Gasteiger partial charge on any atom is 0.340 e. The molecule has 0 aliphatic rings. The van der Waals surface area contributed by atoms with Crippen molar-refractivity contribution in [3.8, 4) is 5.75 Å². The molecule has 0 spiro atoms. The second-order valence-corrected chi connectivity index (χ2v) is 7.50. The van der Waals surface area contributed by atoms with E-state index in [4.69, 9.17) is 9.15 Å². The van der Waals surface area contributed by atoms with Crippen LogP contribution in [0.5, 0.6) is 5.75 Å². The van der Waals surface area contributed by atoms with E-state index in [1.165, 1.54) is 5.56 Å². The van der Waals surface area contributed by atoms with Gasteiger partial charge in [0.05, 0.1) is 24.5 Å². The minimum atomic E-state index is -0.477. The van der Waals surface area contributed by atoms with Crippen LogP contribution in [0.1, 0.15) is 35.6 Å². The molecule has 3 aromatic rings. The molecule has 0 bridgehead atoms. The van der Waals surface area contributed by atoms with Gasteiger partial charge in [0, 0.05) is 6.04 Å². The van der Waals surface area contributed by atoms with Crippen molar-refractivity contribution in [3.05, 3.63) is 75.1 Å². The number of fused-ring (bicyclic) bond motifs is 1. The molecule has 1 atom stereocenters. The third kappa shape index (κ3) is 4.86. The van der Waals surface area contributed by atoms with Gasteiger partial charge in [0.1, 0.15) is 11.3 Å². The van der Waals surface area contributed by atoms with E-state index >= 15 is 0 Å². The maximum atomic E-state index is 12.6. The molecule has 0 aliphatic carbocycles. The van der Waals surface area contributed by atoms with Crippen LogP contribution < -0.4 is 15.7 Å². The van der Waals surface area contributed by atoms with E-state index in [0.717, 1.165) is 29.4 Å². The lowest BCUT2D eigenvalue weighted by Crippen LogP contribution is -2.35. The van der Waals surface area contributed by atoms with Crippen LogP contribution in [0.3, 0.4) is 0 Å². The first kappa shape index (κ1) is 20.6. The second kappa shape index (κ2) is 8.95. The van der Waals surface area contributed by atoms with Crippen LogP contribution in [0, 0.1) is 13.8 Å². The summed E-state index contributed by atoms with van der Waals surface area (Å²) < 4.78 is 11.0. The largest absolute Gasteiger partial charge is 0.496 e. The Labute approximate surface area is 170 Å². The van der Waals surface area contributed by atoms with Crippen LogP contribution in [0.25, 0.3) is 11.0 Å². The van der Waals surface area contributed by atoms with Crippen molar-refractivity contribution >= 4 is 16.9 Å². The number of carbonyl (C=O) groups is 1. The van der Waals surface area contributed by atoms with Crippen LogP contribution in [0.15, 0.2) is 51.7 Å². The SMILES string of the molecule is COc1cc(C)cc2oc(=O)c(CC(=O)N[C@@H](C)CCc3ccccc3)c(C)c12. The zero-order valence-corrected chi connectivity index (χ0v) is 17.4. The van der Waals surface area contributed by atoms with Gasteiger partial charge in [-0.05, 0) is 62.4 Å². The minimum Gasteiger partial charge on any atom is -0.496 e. The Morgan fingerprint density at radius 1 is 1.17 bits per heavy atom. The average Bonchev–Trinajstić information content (AvgIpc) is 2.69. The molecule has 3 rings (SSSR count). The molecule has 152 valence electrons. The summed E-state index contributed by atoms with van der Waals surface area (Å²) in [7, 11) is 1.58. The molecule has 1 amide bonds. The predicted octanol–water partition coefficient (Wildman–Crippen LogP) is 4.10. The number of carbonyl (C=O) groups excluding carboxylic acids is 1. The number of benzene rings is 2. The fourth-order valence-electron chi connectivity index (χ4n) is 3.59. The molecular formula is C24H27NO4. The molecule has 1 heterocycles. The highest BCUT2D eigenvalue weighted by Crippen LogP contribution is 2.30. The number of hydrogen-bond donors (Lipinski definition) is 1. The van der Waals surface area contributed by atoms with Crippen molar-refractivity contribution < 1.29 is 13.9 Å². The van der Waals surface area contributed by atoms with Crippen LogP contribution in [0.2, 0.25) is 0 Å². The van der Waals surface area contributed by atoms with Gasteiger partial charge in [0.2, 0.25) is 5.91 Å². The van der Waals surface area contributed by atoms with Crippen molar-refractivity contribution in [2.45, 2.75) is 46.1 Å². The summed E-state index contributed by atoms with van der Waals surface area (Å²) in [6.45, 7) is 5.72. The summed E-state index contributed by atoms with van der Waals surface area (Å²) in [5.41, 5.74) is 3.27. The van der Waals surface area contributed by atoms with Gasteiger partial charge < -0.3 is 14.5 Å². The number of ether oxygens (including phenoxy) is 1. The van der Waals surface area contributed by atoms with E-state index < -0.39 is 5.63 Å². The Hall–Kier alpha value is -3.08. The van der Waals surface area contributed by atoms with E-state index in [9.17, 15) is 9.59 Å². The summed E-state index contributed by atoms with van der Waals surface area (Å²) in [6.07, 6.45) is 1.70. The standard InChI is InChI=1S/C24H27NO4/c1-15-12-20(28-4)23-17(3)19(24(27)29-21(23)13-15)14-22(26)25-16(2)10-11-18-8-6-5-7-9-18/h5-9,12-13,16H,10-11,14H2,1-4H3,(H,25,26)/t16-/m0/s1. The molecule has 0 unspecified atom stereocenters. The number of aryl methyl sites for hydroxylation is 3. The number of amides is 1. The molecule has 29 heavy (non-hydrogen) atoms. The predicted molar refractivity (Wildman–Crippen MR) is 115 cm³/mol. The van der Waals surface area contributed by atoms with Crippen LogP contribution in [-0.2, 0) is 17.6 Å². The molecule has 0 aliphatic heterocycles. The highest BCUT2D eigenvalue weighted by atomic mass is 16.5. The molecule has 5 heteroatoms. The topological polar surface area (TPSA) is 68.5 Å². The molecule has 2 aromatic carbocycles.